The van der Waals surface area contributed by atoms with Gasteiger partial charge in [0.25, 0.3) is 0 Å². The molecule has 0 N–H and O–H groups in total. The average Bonchev–Trinajstić information content (AvgIpc) is 2.37. The number of rotatable bonds is 6. The van der Waals surface area contributed by atoms with E-state index in [1.54, 1.807) is 0 Å². The molecule has 1 aromatic carbocycles. The summed E-state index contributed by atoms with van der Waals surface area (Å²) in [4.78, 5) is -0.332. The van der Waals surface area contributed by atoms with E-state index in [1.807, 2.05) is 6.92 Å². The second kappa shape index (κ2) is 6.91. The van der Waals surface area contributed by atoms with Crippen LogP contribution >= 0.6 is 15.9 Å². The molecule has 0 aliphatic rings. The van der Waals surface area contributed by atoms with Crippen LogP contribution in [0.4, 0.5) is 13.2 Å². The maximum atomic E-state index is 12.6. The Morgan fingerprint density at radius 1 is 1.25 bits per heavy atom. The lowest BCUT2D eigenvalue weighted by molar-refractivity contribution is -0.137. The summed E-state index contributed by atoms with van der Waals surface area (Å²) in [5, 5.41) is 0.422. The van der Waals surface area contributed by atoms with E-state index in [0.717, 1.165) is 12.1 Å². The minimum Gasteiger partial charge on any atom is -0.207 e. The van der Waals surface area contributed by atoms with Crippen LogP contribution in [0.15, 0.2) is 29.2 Å². The molecule has 1 aromatic rings. The number of nitrogens with zero attached hydrogens (tertiary/aromatic N) is 1. The summed E-state index contributed by atoms with van der Waals surface area (Å²) in [6.07, 6.45) is -3.97. The molecule has 8 heteroatoms. The minimum absolute atomic E-state index is 0.215. The third kappa shape index (κ3) is 4.20. The molecule has 0 aliphatic carbocycles. The van der Waals surface area contributed by atoms with Crippen molar-refractivity contribution in [3.63, 3.8) is 0 Å². The van der Waals surface area contributed by atoms with E-state index in [-0.39, 0.29) is 18.0 Å². The van der Waals surface area contributed by atoms with E-state index in [1.165, 1.54) is 10.4 Å². The smallest absolute Gasteiger partial charge is 0.207 e. The Labute approximate surface area is 125 Å². The first-order valence-corrected chi connectivity index (χ1v) is 8.53. The molecule has 0 fully saturated rings. The van der Waals surface area contributed by atoms with E-state index in [9.17, 15) is 21.6 Å². The van der Waals surface area contributed by atoms with Gasteiger partial charge < -0.3 is 0 Å². The Balaban J connectivity index is 3.20. The second-order valence-electron chi connectivity index (χ2n) is 4.12. The predicted octanol–water partition coefficient (Wildman–Crippen LogP) is 3.50. The molecule has 0 radical (unpaired) electrons. The van der Waals surface area contributed by atoms with Crippen LogP contribution in [0.1, 0.15) is 18.9 Å². The van der Waals surface area contributed by atoms with Gasteiger partial charge in [-0.3, -0.25) is 0 Å². The Hall–Kier alpha value is -0.600. The molecule has 0 unspecified atom stereocenters. The Bertz CT molecular complexity index is 540. The largest absolute Gasteiger partial charge is 0.416 e. The first-order chi connectivity index (χ1) is 9.23. The summed E-state index contributed by atoms with van der Waals surface area (Å²) in [7, 11) is -3.90. The van der Waals surface area contributed by atoms with E-state index in [0.29, 0.717) is 17.8 Å². The van der Waals surface area contributed by atoms with Gasteiger partial charge in [0.1, 0.15) is 0 Å². The number of hydrogen-bond donors (Lipinski definition) is 0. The maximum Gasteiger partial charge on any atom is 0.416 e. The predicted molar refractivity (Wildman–Crippen MR) is 74.3 cm³/mol. The molecule has 0 bridgehead atoms. The highest BCUT2D eigenvalue weighted by Crippen LogP contribution is 2.31. The van der Waals surface area contributed by atoms with Crippen LogP contribution in [-0.4, -0.2) is 31.1 Å². The van der Waals surface area contributed by atoms with Gasteiger partial charge in [-0.2, -0.15) is 17.5 Å². The highest BCUT2D eigenvalue weighted by atomic mass is 79.9. The van der Waals surface area contributed by atoms with Crippen molar-refractivity contribution in [2.24, 2.45) is 0 Å². The monoisotopic (exact) mass is 373 g/mol. The summed E-state index contributed by atoms with van der Waals surface area (Å²) in [5.74, 6) is 0. The number of halogens is 4. The van der Waals surface area contributed by atoms with Crippen molar-refractivity contribution < 1.29 is 21.6 Å². The fourth-order valence-electron chi connectivity index (χ4n) is 1.68. The van der Waals surface area contributed by atoms with E-state index in [2.05, 4.69) is 15.9 Å². The molecule has 0 amide bonds. The van der Waals surface area contributed by atoms with Crippen molar-refractivity contribution in [3.05, 3.63) is 29.8 Å². The lowest BCUT2D eigenvalue weighted by Gasteiger charge is -2.21. The normalized spacial score (nSPS) is 12.9. The van der Waals surface area contributed by atoms with Crippen molar-refractivity contribution >= 4 is 26.0 Å². The third-order valence-electron chi connectivity index (χ3n) is 2.61. The van der Waals surface area contributed by atoms with Gasteiger partial charge in [0, 0.05) is 18.4 Å². The molecule has 0 aromatic heterocycles. The molecule has 0 atom stereocenters. The lowest BCUT2D eigenvalue weighted by Crippen LogP contribution is -2.33. The third-order valence-corrected chi connectivity index (χ3v) is 4.86. The number of alkyl halides is 4. The maximum absolute atomic E-state index is 12.6. The van der Waals surface area contributed by atoms with Crippen molar-refractivity contribution in [1.29, 1.82) is 0 Å². The van der Waals surface area contributed by atoms with Gasteiger partial charge in [-0.1, -0.05) is 28.9 Å². The van der Waals surface area contributed by atoms with Crippen LogP contribution in [-0.2, 0) is 16.2 Å². The zero-order valence-electron chi connectivity index (χ0n) is 10.8. The Morgan fingerprint density at radius 3 is 2.40 bits per heavy atom. The molecule has 3 nitrogen and oxygen atoms in total. The summed E-state index contributed by atoms with van der Waals surface area (Å²) < 4.78 is 63.7. The van der Waals surface area contributed by atoms with Gasteiger partial charge in [-0.25, -0.2) is 8.42 Å². The molecule has 0 saturated heterocycles. The zero-order valence-corrected chi connectivity index (χ0v) is 13.2. The molecule has 0 heterocycles. The zero-order chi connectivity index (χ0) is 15.4. The van der Waals surface area contributed by atoms with Crippen molar-refractivity contribution in [3.8, 4) is 0 Å². The quantitative estimate of drug-likeness (QED) is 0.715. The summed E-state index contributed by atoms with van der Waals surface area (Å²) in [5.41, 5.74) is -0.964. The van der Waals surface area contributed by atoms with Crippen LogP contribution in [0.5, 0.6) is 0 Å². The summed E-state index contributed by atoms with van der Waals surface area (Å²) in [6.45, 7) is 2.29. The van der Waals surface area contributed by atoms with Gasteiger partial charge in [0.2, 0.25) is 10.0 Å². The van der Waals surface area contributed by atoms with Crippen molar-refractivity contribution in [2.45, 2.75) is 24.4 Å². The first kappa shape index (κ1) is 17.5. The summed E-state index contributed by atoms with van der Waals surface area (Å²) >= 11 is 3.15. The van der Waals surface area contributed by atoms with Crippen LogP contribution in [0.25, 0.3) is 0 Å². The highest BCUT2D eigenvalue weighted by molar-refractivity contribution is 9.09. The average molecular weight is 374 g/mol. The van der Waals surface area contributed by atoms with Gasteiger partial charge in [0.05, 0.1) is 10.5 Å². The van der Waals surface area contributed by atoms with E-state index < -0.39 is 21.8 Å². The fourth-order valence-corrected chi connectivity index (χ4v) is 3.92. The van der Waals surface area contributed by atoms with Gasteiger partial charge in [-0.15, -0.1) is 0 Å². The number of benzene rings is 1. The Morgan fingerprint density at radius 2 is 1.90 bits per heavy atom. The molecular weight excluding hydrogens is 359 g/mol. The van der Waals surface area contributed by atoms with E-state index in [4.69, 9.17) is 0 Å². The molecule has 0 saturated carbocycles. The SMILES string of the molecule is CCCN(CCBr)S(=O)(=O)c1cccc(C(F)(F)F)c1. The van der Waals surface area contributed by atoms with Crippen LogP contribution in [0.3, 0.4) is 0 Å². The second-order valence-corrected chi connectivity index (χ2v) is 6.85. The topological polar surface area (TPSA) is 37.4 Å². The number of sulfonamides is 1. The highest BCUT2D eigenvalue weighted by Gasteiger charge is 2.32. The van der Waals surface area contributed by atoms with Gasteiger partial charge >= 0.3 is 6.18 Å². The van der Waals surface area contributed by atoms with E-state index >= 15 is 0 Å². The fraction of sp³-hybridized carbons (Fsp3) is 0.500. The van der Waals surface area contributed by atoms with Crippen molar-refractivity contribution in [1.82, 2.24) is 4.31 Å². The van der Waals surface area contributed by atoms with Crippen molar-refractivity contribution in [2.75, 3.05) is 18.4 Å². The summed E-state index contributed by atoms with van der Waals surface area (Å²) in [6, 6.07) is 3.81. The Kier molecular flexibility index (Phi) is 6.03. The number of hydrogen-bond acceptors (Lipinski definition) is 2. The first-order valence-electron chi connectivity index (χ1n) is 5.97. The molecule has 0 spiro atoms. The molecule has 20 heavy (non-hydrogen) atoms. The lowest BCUT2D eigenvalue weighted by atomic mass is 10.2. The van der Waals surface area contributed by atoms with Crippen LogP contribution < -0.4 is 0 Å². The molecular formula is C12H15BrF3NO2S. The minimum atomic E-state index is -4.56. The molecule has 1 rings (SSSR count). The van der Waals surface area contributed by atoms with Crippen LogP contribution in [0, 0.1) is 0 Å². The molecule has 114 valence electrons. The van der Waals surface area contributed by atoms with Gasteiger partial charge in [0.15, 0.2) is 0 Å². The standard InChI is InChI=1S/C12H15BrF3NO2S/c1-2-7-17(8-6-13)20(18,19)11-5-3-4-10(9-11)12(14,15)16/h3-5,9H,2,6-8H2,1H3. The van der Waals surface area contributed by atoms with Gasteiger partial charge in [-0.05, 0) is 24.6 Å². The van der Waals surface area contributed by atoms with Crippen LogP contribution in [0.2, 0.25) is 0 Å². The molecule has 0 aliphatic heterocycles.